The summed E-state index contributed by atoms with van der Waals surface area (Å²) in [7, 11) is 0. The van der Waals surface area contributed by atoms with Crippen LogP contribution >= 0.6 is 0 Å². The summed E-state index contributed by atoms with van der Waals surface area (Å²) in [6.07, 6.45) is 96.1. The standard InChI is InChI=1S/C77H143NO5/c1-3-5-7-9-11-13-15-17-42-47-51-55-59-63-67-71-77(82)83-72-68-64-60-56-52-48-44-41-39-37-35-33-31-29-27-25-23-21-19-20-22-24-26-28-30-32-34-36-38-40-43-46-50-54-58-62-66-70-76(81)78-74(73-79)75(80)69-65-61-57-53-49-45-18-16-14-12-10-8-6-4-2/h11,13,17,19,21,25,27,42,65,69,74-75,79-80H,3-10,12,14-16,18,20,22-24,26,28-41,43-64,66-68,70-73H2,1-2H3,(H,78,81)/b13-11-,21-19-,27-25-,42-17-,69-65+. The van der Waals surface area contributed by atoms with Gasteiger partial charge in [0.2, 0.25) is 5.91 Å². The second-order valence-electron chi connectivity index (χ2n) is 25.3. The number of aliphatic hydroxyl groups is 2. The third-order valence-corrected chi connectivity index (χ3v) is 17.0. The molecule has 0 saturated heterocycles. The summed E-state index contributed by atoms with van der Waals surface area (Å²) in [6, 6.07) is -0.626. The van der Waals surface area contributed by atoms with Crippen LogP contribution in [0.4, 0.5) is 0 Å². The lowest BCUT2D eigenvalue weighted by atomic mass is 10.0. The smallest absolute Gasteiger partial charge is 0.305 e. The van der Waals surface area contributed by atoms with Crippen LogP contribution in [0.3, 0.4) is 0 Å². The molecule has 0 aliphatic rings. The number of unbranched alkanes of at least 4 members (excludes halogenated alkanes) is 50. The average molecular weight is 1160 g/mol. The molecule has 1 amide bonds. The van der Waals surface area contributed by atoms with E-state index in [0.717, 1.165) is 57.8 Å². The second-order valence-corrected chi connectivity index (χ2v) is 25.3. The molecule has 0 aliphatic heterocycles. The van der Waals surface area contributed by atoms with Crippen LogP contribution in [0, 0.1) is 0 Å². The van der Waals surface area contributed by atoms with Crippen molar-refractivity contribution in [1.29, 1.82) is 0 Å². The van der Waals surface area contributed by atoms with E-state index < -0.39 is 12.1 Å². The fraction of sp³-hybridized carbons (Fsp3) is 0.844. The van der Waals surface area contributed by atoms with Crippen molar-refractivity contribution >= 4 is 11.9 Å². The number of aliphatic hydroxyl groups excluding tert-OH is 2. The van der Waals surface area contributed by atoms with Crippen LogP contribution in [0.5, 0.6) is 0 Å². The fourth-order valence-electron chi connectivity index (χ4n) is 11.3. The first kappa shape index (κ1) is 80.6. The first-order valence-corrected chi connectivity index (χ1v) is 37.1. The van der Waals surface area contributed by atoms with E-state index in [2.05, 4.69) is 67.8 Å². The van der Waals surface area contributed by atoms with E-state index in [1.54, 1.807) is 6.08 Å². The zero-order valence-electron chi connectivity index (χ0n) is 55.7. The summed E-state index contributed by atoms with van der Waals surface area (Å²) in [5.41, 5.74) is 0. The first-order chi connectivity index (χ1) is 41.0. The van der Waals surface area contributed by atoms with Crippen molar-refractivity contribution in [2.75, 3.05) is 13.2 Å². The predicted molar refractivity (Wildman–Crippen MR) is 365 cm³/mol. The van der Waals surface area contributed by atoms with Gasteiger partial charge in [0, 0.05) is 12.8 Å². The van der Waals surface area contributed by atoms with Crippen molar-refractivity contribution in [3.05, 3.63) is 60.8 Å². The van der Waals surface area contributed by atoms with Gasteiger partial charge < -0.3 is 20.3 Å². The van der Waals surface area contributed by atoms with Gasteiger partial charge in [-0.15, -0.1) is 0 Å². The summed E-state index contributed by atoms with van der Waals surface area (Å²) >= 11 is 0. The van der Waals surface area contributed by atoms with Gasteiger partial charge in [0.25, 0.3) is 0 Å². The molecule has 0 heterocycles. The number of hydrogen-bond acceptors (Lipinski definition) is 5. The van der Waals surface area contributed by atoms with Gasteiger partial charge in [-0.3, -0.25) is 9.59 Å². The zero-order valence-corrected chi connectivity index (χ0v) is 55.7. The number of ether oxygens (including phenoxy) is 1. The second kappa shape index (κ2) is 72.0. The molecule has 83 heavy (non-hydrogen) atoms. The number of hydrogen-bond donors (Lipinski definition) is 3. The van der Waals surface area contributed by atoms with Crippen molar-refractivity contribution in [3.8, 4) is 0 Å². The molecule has 0 aromatic carbocycles. The van der Waals surface area contributed by atoms with Crippen LogP contribution in [0.2, 0.25) is 0 Å². The molecular formula is C77H143NO5. The first-order valence-electron chi connectivity index (χ1n) is 37.1. The van der Waals surface area contributed by atoms with E-state index in [4.69, 9.17) is 4.74 Å². The topological polar surface area (TPSA) is 95.9 Å². The van der Waals surface area contributed by atoms with Crippen LogP contribution < -0.4 is 5.32 Å². The van der Waals surface area contributed by atoms with Crippen molar-refractivity contribution < 1.29 is 24.5 Å². The molecule has 0 fully saturated rings. The molecule has 6 nitrogen and oxygen atoms in total. The van der Waals surface area contributed by atoms with E-state index in [0.29, 0.717) is 19.4 Å². The number of carbonyl (C=O) groups is 2. The van der Waals surface area contributed by atoms with E-state index in [-0.39, 0.29) is 18.5 Å². The Hall–Kier alpha value is -2.44. The SMILES string of the molecule is CCCCC/C=C\C/C=C\CCCCCCCC(=O)OCCCCCCCCCCCCCCC/C=C\C/C=C\CCCCCCCCCCCCCCCCCCCC(=O)NC(CO)C(O)/C=C/CCCCCCCCCCCCCC. The molecule has 0 spiro atoms. The maximum Gasteiger partial charge on any atom is 0.305 e. The number of carbonyl (C=O) groups excluding carboxylic acids is 2. The number of esters is 1. The molecule has 0 rings (SSSR count). The molecule has 0 saturated carbocycles. The van der Waals surface area contributed by atoms with Crippen molar-refractivity contribution in [1.82, 2.24) is 5.32 Å². The quantitative estimate of drug-likeness (QED) is 0.0320. The molecule has 2 atom stereocenters. The van der Waals surface area contributed by atoms with Gasteiger partial charge in [-0.05, 0) is 96.3 Å². The number of nitrogens with one attached hydrogen (secondary N) is 1. The third-order valence-electron chi connectivity index (χ3n) is 17.0. The monoisotopic (exact) mass is 1160 g/mol. The summed E-state index contributed by atoms with van der Waals surface area (Å²) in [5.74, 6) is -0.0596. The molecule has 3 N–H and O–H groups in total. The minimum atomic E-state index is -0.843. The van der Waals surface area contributed by atoms with Crippen LogP contribution in [0.25, 0.3) is 0 Å². The minimum absolute atomic E-state index is 0.00439. The summed E-state index contributed by atoms with van der Waals surface area (Å²) in [4.78, 5) is 24.5. The van der Waals surface area contributed by atoms with Gasteiger partial charge >= 0.3 is 5.97 Å². The Morgan fingerprint density at radius 2 is 0.602 bits per heavy atom. The third kappa shape index (κ3) is 68.5. The van der Waals surface area contributed by atoms with Gasteiger partial charge in [0.15, 0.2) is 0 Å². The molecule has 0 aromatic heterocycles. The lowest BCUT2D eigenvalue weighted by Crippen LogP contribution is -2.45. The number of amides is 1. The molecule has 0 radical (unpaired) electrons. The van der Waals surface area contributed by atoms with Crippen LogP contribution in [-0.4, -0.2) is 47.4 Å². The van der Waals surface area contributed by atoms with Gasteiger partial charge in [-0.1, -0.05) is 344 Å². The Kier molecular flexibility index (Phi) is 69.9. The van der Waals surface area contributed by atoms with Crippen LogP contribution in [-0.2, 0) is 14.3 Å². The highest BCUT2D eigenvalue weighted by Gasteiger charge is 2.18. The maximum absolute atomic E-state index is 12.5. The highest BCUT2D eigenvalue weighted by Crippen LogP contribution is 2.18. The summed E-state index contributed by atoms with van der Waals surface area (Å²) < 4.78 is 5.49. The van der Waals surface area contributed by atoms with Crippen LogP contribution in [0.1, 0.15) is 393 Å². The largest absolute Gasteiger partial charge is 0.466 e. The Morgan fingerprint density at radius 1 is 0.337 bits per heavy atom. The molecule has 2 unspecified atom stereocenters. The highest BCUT2D eigenvalue weighted by molar-refractivity contribution is 5.76. The zero-order chi connectivity index (χ0) is 59.9. The lowest BCUT2D eigenvalue weighted by molar-refractivity contribution is -0.143. The van der Waals surface area contributed by atoms with E-state index >= 15 is 0 Å². The minimum Gasteiger partial charge on any atom is -0.466 e. The molecule has 0 bridgehead atoms. The maximum atomic E-state index is 12.5. The lowest BCUT2D eigenvalue weighted by Gasteiger charge is -2.20. The molecule has 486 valence electrons. The van der Waals surface area contributed by atoms with E-state index in [1.165, 1.54) is 308 Å². The fourth-order valence-corrected chi connectivity index (χ4v) is 11.3. The van der Waals surface area contributed by atoms with Crippen molar-refractivity contribution in [3.63, 3.8) is 0 Å². The Balaban J connectivity index is 3.37. The summed E-state index contributed by atoms with van der Waals surface area (Å²) in [5, 5.41) is 23.2. The van der Waals surface area contributed by atoms with E-state index in [1.807, 2.05) is 6.08 Å². The van der Waals surface area contributed by atoms with Gasteiger partial charge in [0.05, 0.1) is 25.4 Å². The molecule has 0 aromatic rings. The normalized spacial score (nSPS) is 12.9. The van der Waals surface area contributed by atoms with Crippen LogP contribution in [0.15, 0.2) is 60.8 Å². The van der Waals surface area contributed by atoms with Gasteiger partial charge in [-0.25, -0.2) is 0 Å². The molecule has 0 aliphatic carbocycles. The summed E-state index contributed by atoms with van der Waals surface area (Å²) in [6.45, 7) is 4.89. The highest BCUT2D eigenvalue weighted by atomic mass is 16.5. The molecular weight excluding hydrogens is 1020 g/mol. The van der Waals surface area contributed by atoms with Crippen molar-refractivity contribution in [2.24, 2.45) is 0 Å². The Bertz CT molecular complexity index is 1430. The number of allylic oxidation sites excluding steroid dienone is 9. The van der Waals surface area contributed by atoms with Gasteiger partial charge in [-0.2, -0.15) is 0 Å². The predicted octanol–water partition coefficient (Wildman–Crippen LogP) is 24.2. The number of rotatable bonds is 69. The van der Waals surface area contributed by atoms with E-state index in [9.17, 15) is 19.8 Å². The average Bonchev–Trinajstić information content (AvgIpc) is 3.49. The van der Waals surface area contributed by atoms with Gasteiger partial charge in [0.1, 0.15) is 0 Å². The Labute approximate surface area is 518 Å². The van der Waals surface area contributed by atoms with Crippen molar-refractivity contribution in [2.45, 2.75) is 405 Å². The molecule has 6 heteroatoms. The Morgan fingerprint density at radius 3 is 0.940 bits per heavy atom.